The van der Waals surface area contributed by atoms with Crippen LogP contribution < -0.4 is 14.8 Å². The number of hydrogen-bond acceptors (Lipinski definition) is 7. The zero-order valence-electron chi connectivity index (χ0n) is 18.0. The first kappa shape index (κ1) is 23.8. The molecule has 1 aromatic heterocycles. The number of aromatic nitrogens is 2. The summed E-state index contributed by atoms with van der Waals surface area (Å²) in [5.74, 6) is 0.468. The van der Waals surface area contributed by atoms with E-state index in [-0.39, 0.29) is 21.9 Å². The fourth-order valence-electron chi connectivity index (χ4n) is 2.97. The lowest BCUT2D eigenvalue weighted by Crippen LogP contribution is -2.25. The molecule has 1 amide bonds. The SMILES string of the molecule is CCCOc1ccccc1CCCNS(=O)(=O)c1nnc(NC(=O)c2ccccc2C)s1. The van der Waals surface area contributed by atoms with Crippen molar-refractivity contribution in [1.29, 1.82) is 0 Å². The van der Waals surface area contributed by atoms with Crippen LogP contribution in [0.5, 0.6) is 5.75 Å². The van der Waals surface area contributed by atoms with Crippen LogP contribution in [0, 0.1) is 6.92 Å². The molecule has 2 aromatic carbocycles. The van der Waals surface area contributed by atoms with E-state index in [0.29, 0.717) is 25.0 Å². The van der Waals surface area contributed by atoms with E-state index >= 15 is 0 Å². The topological polar surface area (TPSA) is 110 Å². The second-order valence-corrected chi connectivity index (χ2v) is 10.0. The van der Waals surface area contributed by atoms with Crippen molar-refractivity contribution in [3.05, 3.63) is 65.2 Å². The molecule has 3 aromatic rings. The maximum atomic E-state index is 12.5. The van der Waals surface area contributed by atoms with Gasteiger partial charge in [-0.15, -0.1) is 10.2 Å². The lowest BCUT2D eigenvalue weighted by Gasteiger charge is -2.10. The molecular formula is C22H26N4O4S2. The average Bonchev–Trinajstić information content (AvgIpc) is 3.25. The molecule has 32 heavy (non-hydrogen) atoms. The van der Waals surface area contributed by atoms with Crippen molar-refractivity contribution in [2.75, 3.05) is 18.5 Å². The summed E-state index contributed by atoms with van der Waals surface area (Å²) in [5.41, 5.74) is 2.34. The molecule has 170 valence electrons. The summed E-state index contributed by atoms with van der Waals surface area (Å²) < 4.78 is 33.2. The second kappa shape index (κ2) is 11.2. The minimum atomic E-state index is -3.81. The van der Waals surface area contributed by atoms with Crippen LogP contribution in [0.3, 0.4) is 0 Å². The number of carbonyl (C=O) groups excluding carboxylic acids is 1. The summed E-state index contributed by atoms with van der Waals surface area (Å²) in [4.78, 5) is 12.4. The maximum absolute atomic E-state index is 12.5. The second-order valence-electron chi connectivity index (χ2n) is 7.10. The number of aryl methyl sites for hydroxylation is 2. The molecular weight excluding hydrogens is 448 g/mol. The van der Waals surface area contributed by atoms with Gasteiger partial charge in [-0.05, 0) is 49.4 Å². The Labute approximate surface area is 192 Å². The number of anilines is 1. The number of benzene rings is 2. The molecule has 0 aliphatic heterocycles. The van der Waals surface area contributed by atoms with Gasteiger partial charge in [0.15, 0.2) is 0 Å². The largest absolute Gasteiger partial charge is 0.493 e. The van der Waals surface area contributed by atoms with Crippen molar-refractivity contribution in [3.63, 3.8) is 0 Å². The van der Waals surface area contributed by atoms with Gasteiger partial charge in [0.25, 0.3) is 15.9 Å². The van der Waals surface area contributed by atoms with E-state index in [1.807, 2.05) is 50.2 Å². The van der Waals surface area contributed by atoms with E-state index in [0.717, 1.165) is 34.6 Å². The number of rotatable bonds is 11. The van der Waals surface area contributed by atoms with Crippen molar-refractivity contribution < 1.29 is 17.9 Å². The van der Waals surface area contributed by atoms with Gasteiger partial charge in [0.2, 0.25) is 9.47 Å². The molecule has 3 rings (SSSR count). The third-order valence-corrected chi connectivity index (χ3v) is 7.26. The summed E-state index contributed by atoms with van der Waals surface area (Å²) in [6, 6.07) is 14.9. The third-order valence-electron chi connectivity index (χ3n) is 4.60. The molecule has 0 saturated carbocycles. The van der Waals surface area contributed by atoms with Crippen LogP contribution >= 0.6 is 11.3 Å². The monoisotopic (exact) mass is 474 g/mol. The minimum absolute atomic E-state index is 0.126. The first-order valence-electron chi connectivity index (χ1n) is 10.3. The fourth-order valence-corrected chi connectivity index (χ4v) is 4.98. The van der Waals surface area contributed by atoms with E-state index in [4.69, 9.17) is 4.74 Å². The quantitative estimate of drug-likeness (QED) is 0.323. The minimum Gasteiger partial charge on any atom is -0.493 e. The van der Waals surface area contributed by atoms with Gasteiger partial charge in [-0.1, -0.05) is 54.7 Å². The zero-order valence-corrected chi connectivity index (χ0v) is 19.6. The Morgan fingerprint density at radius 1 is 1.09 bits per heavy atom. The number of sulfonamides is 1. The summed E-state index contributed by atoms with van der Waals surface area (Å²) >= 11 is 0.810. The Morgan fingerprint density at radius 3 is 2.62 bits per heavy atom. The summed E-state index contributed by atoms with van der Waals surface area (Å²) in [7, 11) is -3.81. The molecule has 0 saturated heterocycles. The molecule has 2 N–H and O–H groups in total. The molecule has 0 fully saturated rings. The number of amides is 1. The van der Waals surface area contributed by atoms with Crippen LogP contribution in [0.1, 0.15) is 41.3 Å². The predicted molar refractivity (Wildman–Crippen MR) is 125 cm³/mol. The number of ether oxygens (including phenoxy) is 1. The first-order valence-corrected chi connectivity index (χ1v) is 12.6. The van der Waals surface area contributed by atoms with Crippen molar-refractivity contribution in [3.8, 4) is 5.75 Å². The normalized spacial score (nSPS) is 11.3. The van der Waals surface area contributed by atoms with E-state index in [1.165, 1.54) is 0 Å². The highest BCUT2D eigenvalue weighted by Gasteiger charge is 2.21. The Morgan fingerprint density at radius 2 is 1.84 bits per heavy atom. The van der Waals surface area contributed by atoms with Gasteiger partial charge in [-0.25, -0.2) is 13.1 Å². The number of hydrogen-bond donors (Lipinski definition) is 2. The predicted octanol–water partition coefficient (Wildman–Crippen LogP) is 3.80. The summed E-state index contributed by atoms with van der Waals surface area (Å²) in [5, 5.41) is 10.2. The van der Waals surface area contributed by atoms with Crippen molar-refractivity contribution in [2.24, 2.45) is 0 Å². The van der Waals surface area contributed by atoms with Crippen LogP contribution in [0.2, 0.25) is 0 Å². The number of nitrogens with one attached hydrogen (secondary N) is 2. The molecule has 0 aliphatic carbocycles. The van der Waals surface area contributed by atoms with Gasteiger partial charge < -0.3 is 4.74 Å². The van der Waals surface area contributed by atoms with E-state index < -0.39 is 10.0 Å². The van der Waals surface area contributed by atoms with Crippen LogP contribution in [0.4, 0.5) is 5.13 Å². The van der Waals surface area contributed by atoms with E-state index in [2.05, 4.69) is 20.2 Å². The van der Waals surface area contributed by atoms with Crippen molar-refractivity contribution in [1.82, 2.24) is 14.9 Å². The zero-order chi connectivity index (χ0) is 23.0. The summed E-state index contributed by atoms with van der Waals surface area (Å²) in [6.45, 7) is 4.76. The molecule has 10 heteroatoms. The van der Waals surface area contributed by atoms with Gasteiger partial charge in [0.1, 0.15) is 5.75 Å². The van der Waals surface area contributed by atoms with Gasteiger partial charge in [-0.3, -0.25) is 10.1 Å². The maximum Gasteiger partial charge on any atom is 0.269 e. The summed E-state index contributed by atoms with van der Waals surface area (Å²) in [6.07, 6.45) is 2.20. The number of nitrogens with zero attached hydrogens (tertiary/aromatic N) is 2. The molecule has 0 spiro atoms. The molecule has 0 bridgehead atoms. The van der Waals surface area contributed by atoms with Gasteiger partial charge in [0.05, 0.1) is 6.61 Å². The Kier molecular flexibility index (Phi) is 8.32. The Balaban J connectivity index is 1.54. The van der Waals surface area contributed by atoms with Gasteiger partial charge in [0, 0.05) is 12.1 Å². The molecule has 0 radical (unpaired) electrons. The standard InChI is InChI=1S/C22H26N4O4S2/c1-3-15-30-19-13-7-5-10-17(19)11-8-14-23-32(28,29)22-26-25-21(31-22)24-20(27)18-12-6-4-9-16(18)2/h4-7,9-10,12-13,23H,3,8,11,14-15H2,1-2H3,(H,24,25,27). The molecule has 0 aliphatic rings. The van der Waals surface area contributed by atoms with E-state index in [1.54, 1.807) is 12.1 Å². The number of para-hydroxylation sites is 1. The lowest BCUT2D eigenvalue weighted by molar-refractivity contribution is 0.102. The van der Waals surface area contributed by atoms with Crippen LogP contribution in [0.15, 0.2) is 52.9 Å². The molecule has 1 heterocycles. The van der Waals surface area contributed by atoms with Crippen molar-refractivity contribution in [2.45, 2.75) is 37.4 Å². The average molecular weight is 475 g/mol. The Hall–Kier alpha value is -2.82. The molecule has 8 nitrogen and oxygen atoms in total. The fraction of sp³-hybridized carbons (Fsp3) is 0.318. The van der Waals surface area contributed by atoms with Gasteiger partial charge >= 0.3 is 0 Å². The first-order chi connectivity index (χ1) is 15.4. The third kappa shape index (κ3) is 6.35. The van der Waals surface area contributed by atoms with Crippen LogP contribution in [0.25, 0.3) is 0 Å². The smallest absolute Gasteiger partial charge is 0.269 e. The molecule has 0 atom stereocenters. The highest BCUT2D eigenvalue weighted by atomic mass is 32.2. The number of carbonyl (C=O) groups is 1. The highest BCUT2D eigenvalue weighted by Crippen LogP contribution is 2.22. The highest BCUT2D eigenvalue weighted by molar-refractivity contribution is 7.91. The van der Waals surface area contributed by atoms with Crippen LogP contribution in [-0.2, 0) is 16.4 Å². The lowest BCUT2D eigenvalue weighted by atomic mass is 10.1. The van der Waals surface area contributed by atoms with Gasteiger partial charge in [-0.2, -0.15) is 0 Å². The van der Waals surface area contributed by atoms with Crippen molar-refractivity contribution >= 4 is 32.4 Å². The van der Waals surface area contributed by atoms with Crippen LogP contribution in [-0.4, -0.2) is 37.7 Å². The molecule has 0 unspecified atom stereocenters. The Bertz CT molecular complexity index is 1160. The van der Waals surface area contributed by atoms with E-state index in [9.17, 15) is 13.2 Å².